The number of nitrogens with one attached hydrogen (secondary N) is 1. The van der Waals surface area contributed by atoms with Gasteiger partial charge >= 0.3 is 0 Å². The molecule has 0 bridgehead atoms. The van der Waals surface area contributed by atoms with Crippen molar-refractivity contribution < 1.29 is 4.79 Å². The lowest BCUT2D eigenvalue weighted by molar-refractivity contribution is -0.127. The van der Waals surface area contributed by atoms with Crippen LogP contribution in [0.3, 0.4) is 0 Å². The lowest BCUT2D eigenvalue weighted by atomic mass is 10.0. The quantitative estimate of drug-likeness (QED) is 0.465. The maximum Gasteiger partial charge on any atom is 0.243 e. The van der Waals surface area contributed by atoms with E-state index in [2.05, 4.69) is 50.2 Å². The van der Waals surface area contributed by atoms with Crippen molar-refractivity contribution in [1.82, 2.24) is 29.7 Å². The number of amides is 1. The molecule has 0 aliphatic carbocycles. The van der Waals surface area contributed by atoms with Crippen LogP contribution >= 0.6 is 15.9 Å². The van der Waals surface area contributed by atoms with E-state index in [1.54, 1.807) is 17.1 Å². The van der Waals surface area contributed by atoms with Crippen molar-refractivity contribution in [3.63, 3.8) is 0 Å². The molecule has 2 aromatic heterocycles. The molecule has 1 aliphatic rings. The number of likely N-dealkylation sites (tertiary alicyclic amines) is 1. The Bertz CT molecular complexity index is 1030. The molecule has 0 saturated carbocycles. The van der Waals surface area contributed by atoms with Crippen LogP contribution in [0.5, 0.6) is 0 Å². The number of aromatic nitrogens is 4. The highest BCUT2D eigenvalue weighted by atomic mass is 79.9. The third-order valence-electron chi connectivity index (χ3n) is 5.94. The van der Waals surface area contributed by atoms with Gasteiger partial charge in [-0.25, -0.2) is 15.0 Å². The summed E-state index contributed by atoms with van der Waals surface area (Å²) in [5, 5.41) is 3.18. The van der Waals surface area contributed by atoms with Gasteiger partial charge in [-0.3, -0.25) is 14.3 Å². The van der Waals surface area contributed by atoms with E-state index in [1.807, 2.05) is 24.4 Å². The van der Waals surface area contributed by atoms with Gasteiger partial charge in [-0.05, 0) is 62.5 Å². The number of halogens is 1. The molecular formula is C25H31BrN6O. The summed E-state index contributed by atoms with van der Waals surface area (Å²) >= 11 is 3.47. The molecule has 7 nitrogen and oxygen atoms in total. The number of benzene rings is 1. The zero-order valence-electron chi connectivity index (χ0n) is 19.1. The topological polar surface area (TPSA) is 75.9 Å². The average molecular weight is 511 g/mol. The van der Waals surface area contributed by atoms with E-state index < -0.39 is 6.04 Å². The smallest absolute Gasteiger partial charge is 0.243 e. The molecule has 0 radical (unpaired) electrons. The van der Waals surface area contributed by atoms with E-state index in [0.29, 0.717) is 12.5 Å². The van der Waals surface area contributed by atoms with Gasteiger partial charge in [-0.15, -0.1) is 0 Å². The molecule has 8 heteroatoms. The van der Waals surface area contributed by atoms with Gasteiger partial charge in [0.2, 0.25) is 11.9 Å². The Morgan fingerprint density at radius 2 is 1.91 bits per heavy atom. The van der Waals surface area contributed by atoms with Crippen LogP contribution in [0.25, 0.3) is 5.95 Å². The van der Waals surface area contributed by atoms with Crippen LogP contribution in [-0.4, -0.2) is 50.0 Å². The molecule has 1 amide bonds. The maximum atomic E-state index is 13.5. The van der Waals surface area contributed by atoms with Crippen LogP contribution < -0.4 is 5.32 Å². The number of rotatable bonds is 9. The van der Waals surface area contributed by atoms with Crippen LogP contribution in [0, 0.1) is 0 Å². The van der Waals surface area contributed by atoms with Crippen molar-refractivity contribution in [3.05, 3.63) is 70.5 Å². The highest BCUT2D eigenvalue weighted by Gasteiger charge is 2.30. The first kappa shape index (κ1) is 23.6. The summed E-state index contributed by atoms with van der Waals surface area (Å²) in [5.74, 6) is 0.574. The Labute approximate surface area is 203 Å². The molecule has 4 rings (SSSR count). The molecule has 1 saturated heterocycles. The van der Waals surface area contributed by atoms with E-state index >= 15 is 0 Å². The zero-order chi connectivity index (χ0) is 23.0. The molecule has 1 atom stereocenters. The fourth-order valence-corrected chi connectivity index (χ4v) is 4.53. The largest absolute Gasteiger partial charge is 0.354 e. The van der Waals surface area contributed by atoms with E-state index in [0.717, 1.165) is 61.1 Å². The molecule has 0 spiro atoms. The Balaban J connectivity index is 1.58. The highest BCUT2D eigenvalue weighted by Crippen LogP contribution is 2.25. The Hall–Kier alpha value is -2.58. The number of piperidine rings is 1. The molecule has 33 heavy (non-hydrogen) atoms. The van der Waals surface area contributed by atoms with Gasteiger partial charge in [0.15, 0.2) is 0 Å². The minimum atomic E-state index is -0.420. The van der Waals surface area contributed by atoms with Gasteiger partial charge in [0.05, 0.1) is 5.69 Å². The van der Waals surface area contributed by atoms with Crippen LogP contribution in [0.4, 0.5) is 0 Å². The molecule has 1 fully saturated rings. The normalized spacial score (nSPS) is 15.3. The summed E-state index contributed by atoms with van der Waals surface area (Å²) < 4.78 is 2.86. The Morgan fingerprint density at radius 1 is 1.12 bits per heavy atom. The summed E-state index contributed by atoms with van der Waals surface area (Å²) in [5.41, 5.74) is 2.92. The Morgan fingerprint density at radius 3 is 2.61 bits per heavy atom. The van der Waals surface area contributed by atoms with Gasteiger partial charge < -0.3 is 5.32 Å². The fraction of sp³-hybridized carbons (Fsp3) is 0.440. The number of imidazole rings is 1. The zero-order valence-corrected chi connectivity index (χ0v) is 20.7. The number of hydrogen-bond acceptors (Lipinski definition) is 5. The second-order valence-corrected chi connectivity index (χ2v) is 9.39. The summed E-state index contributed by atoms with van der Waals surface area (Å²) in [4.78, 5) is 29.5. The number of carbonyl (C=O) groups excluding carboxylic acids is 1. The third-order valence-corrected chi connectivity index (χ3v) is 6.47. The number of carbonyl (C=O) groups is 1. The predicted octanol–water partition coefficient (Wildman–Crippen LogP) is 4.26. The van der Waals surface area contributed by atoms with E-state index in [-0.39, 0.29) is 5.91 Å². The van der Waals surface area contributed by atoms with Crippen LogP contribution in [-0.2, 0) is 17.6 Å². The van der Waals surface area contributed by atoms with Crippen LogP contribution in [0.1, 0.15) is 55.6 Å². The van der Waals surface area contributed by atoms with Crippen molar-refractivity contribution in [2.45, 2.75) is 51.5 Å². The maximum absolute atomic E-state index is 13.5. The second kappa shape index (κ2) is 11.5. The van der Waals surface area contributed by atoms with Crippen molar-refractivity contribution in [1.29, 1.82) is 0 Å². The Kier molecular flexibility index (Phi) is 8.23. The first-order valence-corrected chi connectivity index (χ1v) is 12.6. The summed E-state index contributed by atoms with van der Waals surface area (Å²) in [6.45, 7) is 4.53. The molecule has 1 aromatic carbocycles. The van der Waals surface area contributed by atoms with Crippen LogP contribution in [0.15, 0.2) is 53.5 Å². The van der Waals surface area contributed by atoms with Crippen molar-refractivity contribution in [2.75, 3.05) is 19.6 Å². The monoisotopic (exact) mass is 510 g/mol. The SMILES string of the molecule is CCCc1cc(C(C(=O)NCCc2ccc(Br)cc2)N2CCCCC2)nc(-n2ccnc2)n1. The highest BCUT2D eigenvalue weighted by molar-refractivity contribution is 9.10. The fourth-order valence-electron chi connectivity index (χ4n) is 4.26. The van der Waals surface area contributed by atoms with Gasteiger partial charge in [0.25, 0.3) is 0 Å². The molecule has 3 heterocycles. The number of aryl methyl sites for hydroxylation is 1. The molecule has 1 unspecified atom stereocenters. The number of nitrogens with zero attached hydrogens (tertiary/aromatic N) is 5. The van der Waals surface area contributed by atoms with Gasteiger partial charge in [0.1, 0.15) is 12.4 Å². The molecular weight excluding hydrogens is 480 g/mol. The van der Waals surface area contributed by atoms with Gasteiger partial charge in [-0.2, -0.15) is 0 Å². The van der Waals surface area contributed by atoms with Crippen LogP contribution in [0.2, 0.25) is 0 Å². The summed E-state index contributed by atoms with van der Waals surface area (Å²) in [6.07, 6.45) is 11.3. The molecule has 1 aliphatic heterocycles. The van der Waals surface area contributed by atoms with Gasteiger partial charge in [0, 0.05) is 29.1 Å². The van der Waals surface area contributed by atoms with E-state index in [4.69, 9.17) is 9.97 Å². The number of hydrogen-bond donors (Lipinski definition) is 1. The first-order chi connectivity index (χ1) is 16.1. The first-order valence-electron chi connectivity index (χ1n) is 11.8. The predicted molar refractivity (Wildman–Crippen MR) is 132 cm³/mol. The minimum absolute atomic E-state index is 0.00624. The average Bonchev–Trinajstić information content (AvgIpc) is 3.37. The summed E-state index contributed by atoms with van der Waals surface area (Å²) in [6, 6.07) is 9.81. The molecule has 174 valence electrons. The second-order valence-electron chi connectivity index (χ2n) is 8.47. The van der Waals surface area contributed by atoms with Crippen molar-refractivity contribution in [2.24, 2.45) is 0 Å². The van der Waals surface area contributed by atoms with Gasteiger partial charge in [-0.1, -0.05) is 47.8 Å². The minimum Gasteiger partial charge on any atom is -0.354 e. The lowest BCUT2D eigenvalue weighted by Gasteiger charge is -2.33. The van der Waals surface area contributed by atoms with E-state index in [1.165, 1.54) is 12.0 Å². The van der Waals surface area contributed by atoms with E-state index in [9.17, 15) is 4.79 Å². The molecule has 3 aromatic rings. The molecule has 1 N–H and O–H groups in total. The summed E-state index contributed by atoms with van der Waals surface area (Å²) in [7, 11) is 0. The standard InChI is InChI=1S/C25H31BrN6O/c1-2-6-21-17-22(30-25(29-21)32-16-13-27-18-32)23(31-14-4-3-5-15-31)24(33)28-12-11-19-7-9-20(26)10-8-19/h7-10,13,16-18,23H,2-6,11-12,14-15H2,1H3,(H,28,33). The van der Waals surface area contributed by atoms with Crippen molar-refractivity contribution in [3.8, 4) is 5.95 Å². The third kappa shape index (κ3) is 6.26. The lowest BCUT2D eigenvalue weighted by Crippen LogP contribution is -2.44. The van der Waals surface area contributed by atoms with Crippen molar-refractivity contribution >= 4 is 21.8 Å².